The number of ether oxygens (including phenoxy) is 1. The average Bonchev–Trinajstić information content (AvgIpc) is 3.33. The molecule has 0 bridgehead atoms. The van der Waals surface area contributed by atoms with E-state index in [1.807, 2.05) is 12.1 Å². The number of nitrogens with zero attached hydrogens (tertiary/aromatic N) is 2. The third-order valence-corrected chi connectivity index (χ3v) is 7.50. The SMILES string of the molecule is O=C(O)c1cccc(S(=O)(=O)N2CCC[C@@H](COc3ccc(C4CCNN4)nc3)C2)c1. The van der Waals surface area contributed by atoms with Gasteiger partial charge in [-0.15, -0.1) is 0 Å². The van der Waals surface area contributed by atoms with Crippen LogP contribution in [-0.2, 0) is 10.0 Å². The number of carbonyl (C=O) groups is 1. The molecular formula is C21H26N4O5S. The number of hydrazine groups is 1. The Kier molecular flexibility index (Phi) is 6.51. The van der Waals surface area contributed by atoms with Gasteiger partial charge in [-0.1, -0.05) is 6.07 Å². The highest BCUT2D eigenvalue weighted by Crippen LogP contribution is 2.25. The number of rotatable bonds is 7. The van der Waals surface area contributed by atoms with Crippen molar-refractivity contribution in [2.75, 3.05) is 26.2 Å². The van der Waals surface area contributed by atoms with Crippen molar-refractivity contribution < 1.29 is 23.1 Å². The van der Waals surface area contributed by atoms with Crippen LogP contribution in [0.5, 0.6) is 5.75 Å². The minimum atomic E-state index is -3.76. The fourth-order valence-corrected chi connectivity index (χ4v) is 5.52. The molecule has 1 aromatic heterocycles. The summed E-state index contributed by atoms with van der Waals surface area (Å²) in [5, 5.41) is 9.15. The quantitative estimate of drug-likeness (QED) is 0.589. The highest BCUT2D eigenvalue weighted by atomic mass is 32.2. The third kappa shape index (κ3) is 5.04. The van der Waals surface area contributed by atoms with Crippen LogP contribution in [0.25, 0.3) is 0 Å². The normalized spacial score (nSPS) is 22.3. The third-order valence-electron chi connectivity index (χ3n) is 5.64. The van der Waals surface area contributed by atoms with Gasteiger partial charge in [0.2, 0.25) is 10.0 Å². The predicted molar refractivity (Wildman–Crippen MR) is 113 cm³/mol. The Bertz CT molecular complexity index is 1020. The summed E-state index contributed by atoms with van der Waals surface area (Å²) in [6, 6.07) is 9.50. The Hall–Kier alpha value is -2.53. The molecule has 2 atom stereocenters. The molecule has 10 heteroatoms. The topological polar surface area (TPSA) is 121 Å². The zero-order chi connectivity index (χ0) is 21.8. The number of nitrogens with one attached hydrogen (secondary N) is 2. The van der Waals surface area contributed by atoms with Gasteiger partial charge in [-0.25, -0.2) is 18.6 Å². The maximum absolute atomic E-state index is 13.0. The summed E-state index contributed by atoms with van der Waals surface area (Å²) in [6.45, 7) is 2.05. The van der Waals surface area contributed by atoms with E-state index < -0.39 is 16.0 Å². The molecule has 0 saturated carbocycles. The van der Waals surface area contributed by atoms with E-state index in [1.165, 1.54) is 28.6 Å². The first-order valence-corrected chi connectivity index (χ1v) is 11.8. The van der Waals surface area contributed by atoms with Crippen LogP contribution in [0.2, 0.25) is 0 Å². The molecule has 0 radical (unpaired) electrons. The Morgan fingerprint density at radius 2 is 2.13 bits per heavy atom. The summed E-state index contributed by atoms with van der Waals surface area (Å²) in [7, 11) is -3.76. The largest absolute Gasteiger partial charge is 0.492 e. The van der Waals surface area contributed by atoms with Crippen molar-refractivity contribution in [2.45, 2.75) is 30.2 Å². The summed E-state index contributed by atoms with van der Waals surface area (Å²) >= 11 is 0. The lowest BCUT2D eigenvalue weighted by molar-refractivity contribution is 0.0696. The number of aromatic nitrogens is 1. The number of hydrogen-bond donors (Lipinski definition) is 3. The molecule has 2 fully saturated rings. The van der Waals surface area contributed by atoms with E-state index in [-0.39, 0.29) is 22.4 Å². The molecule has 2 aliphatic rings. The molecule has 0 aliphatic carbocycles. The van der Waals surface area contributed by atoms with Crippen molar-refractivity contribution in [1.82, 2.24) is 20.1 Å². The molecule has 4 rings (SSSR count). The van der Waals surface area contributed by atoms with E-state index in [4.69, 9.17) is 9.84 Å². The van der Waals surface area contributed by atoms with Crippen LogP contribution >= 0.6 is 0 Å². The molecule has 0 spiro atoms. The smallest absolute Gasteiger partial charge is 0.335 e. The van der Waals surface area contributed by atoms with Crippen LogP contribution in [0.3, 0.4) is 0 Å². The fraction of sp³-hybridized carbons (Fsp3) is 0.429. The number of piperidine rings is 1. The number of sulfonamides is 1. The Morgan fingerprint density at radius 1 is 1.26 bits per heavy atom. The fourth-order valence-electron chi connectivity index (χ4n) is 3.92. The number of hydrogen-bond acceptors (Lipinski definition) is 7. The van der Waals surface area contributed by atoms with E-state index in [2.05, 4.69) is 15.8 Å². The molecule has 0 amide bonds. The number of benzene rings is 1. The van der Waals surface area contributed by atoms with Gasteiger partial charge in [-0.05, 0) is 49.6 Å². The molecule has 2 aromatic rings. The summed E-state index contributed by atoms with van der Waals surface area (Å²) in [5.41, 5.74) is 7.17. The van der Waals surface area contributed by atoms with Gasteiger partial charge in [-0.2, -0.15) is 4.31 Å². The van der Waals surface area contributed by atoms with Crippen molar-refractivity contribution in [3.63, 3.8) is 0 Å². The first-order chi connectivity index (χ1) is 14.9. The number of carboxylic acid groups (broad SMARTS) is 1. The van der Waals surface area contributed by atoms with Crippen molar-refractivity contribution in [3.05, 3.63) is 53.9 Å². The van der Waals surface area contributed by atoms with Crippen LogP contribution in [-0.4, -0.2) is 55.0 Å². The van der Waals surface area contributed by atoms with E-state index in [0.29, 0.717) is 25.4 Å². The summed E-state index contributed by atoms with van der Waals surface area (Å²) in [5.74, 6) is -0.447. The molecule has 31 heavy (non-hydrogen) atoms. The average molecular weight is 447 g/mol. The zero-order valence-corrected chi connectivity index (χ0v) is 17.8. The number of carboxylic acids is 1. The van der Waals surface area contributed by atoms with E-state index in [0.717, 1.165) is 31.5 Å². The number of pyridine rings is 1. The van der Waals surface area contributed by atoms with Crippen LogP contribution in [0, 0.1) is 5.92 Å². The molecule has 1 aromatic carbocycles. The zero-order valence-electron chi connectivity index (χ0n) is 17.0. The lowest BCUT2D eigenvalue weighted by atomic mass is 10.0. The summed E-state index contributed by atoms with van der Waals surface area (Å²) in [6.07, 6.45) is 4.27. The second-order valence-electron chi connectivity index (χ2n) is 7.85. The van der Waals surface area contributed by atoms with Crippen molar-refractivity contribution in [2.24, 2.45) is 5.92 Å². The van der Waals surface area contributed by atoms with Gasteiger partial charge in [0, 0.05) is 25.6 Å². The first kappa shape index (κ1) is 21.7. The van der Waals surface area contributed by atoms with Crippen molar-refractivity contribution >= 4 is 16.0 Å². The highest BCUT2D eigenvalue weighted by Gasteiger charge is 2.31. The maximum Gasteiger partial charge on any atom is 0.335 e. The Morgan fingerprint density at radius 3 is 2.84 bits per heavy atom. The molecule has 3 N–H and O–H groups in total. The van der Waals surface area contributed by atoms with Crippen molar-refractivity contribution in [1.29, 1.82) is 0 Å². The lowest BCUT2D eigenvalue weighted by Gasteiger charge is -2.31. The van der Waals surface area contributed by atoms with Crippen LogP contribution in [0.1, 0.15) is 41.4 Å². The van der Waals surface area contributed by atoms with E-state index in [9.17, 15) is 13.2 Å². The molecule has 9 nitrogen and oxygen atoms in total. The summed E-state index contributed by atoms with van der Waals surface area (Å²) < 4.78 is 33.3. The molecule has 2 saturated heterocycles. The van der Waals surface area contributed by atoms with Crippen molar-refractivity contribution in [3.8, 4) is 5.75 Å². The monoisotopic (exact) mass is 446 g/mol. The molecular weight excluding hydrogens is 420 g/mol. The van der Waals surface area contributed by atoms with Gasteiger partial charge < -0.3 is 9.84 Å². The second-order valence-corrected chi connectivity index (χ2v) is 9.78. The molecule has 3 heterocycles. The Balaban J connectivity index is 1.37. The van der Waals surface area contributed by atoms with E-state index >= 15 is 0 Å². The molecule has 166 valence electrons. The second kappa shape index (κ2) is 9.31. The number of aromatic carboxylic acids is 1. The maximum atomic E-state index is 13.0. The Labute approximate surface area is 181 Å². The van der Waals surface area contributed by atoms with Crippen LogP contribution in [0.15, 0.2) is 47.5 Å². The molecule has 2 aliphatic heterocycles. The van der Waals surface area contributed by atoms with Crippen LogP contribution in [0.4, 0.5) is 0 Å². The van der Waals surface area contributed by atoms with E-state index in [1.54, 1.807) is 6.20 Å². The van der Waals surface area contributed by atoms with Gasteiger partial charge >= 0.3 is 5.97 Å². The minimum Gasteiger partial charge on any atom is -0.492 e. The van der Waals surface area contributed by atoms with Gasteiger partial charge in [0.25, 0.3) is 0 Å². The standard InChI is InChI=1S/C21H26N4O5S/c26-21(27)16-4-1-5-18(11-16)31(28,29)25-10-2-3-15(13-25)14-30-17-6-7-19(22-12-17)20-8-9-23-24-20/h1,4-7,11-12,15,20,23-24H,2-3,8-10,13-14H2,(H,26,27)/t15-,20?/m1/s1. The summed E-state index contributed by atoms with van der Waals surface area (Å²) in [4.78, 5) is 15.6. The lowest BCUT2D eigenvalue weighted by Crippen LogP contribution is -2.41. The van der Waals surface area contributed by atoms with Crippen LogP contribution < -0.4 is 15.6 Å². The van der Waals surface area contributed by atoms with Gasteiger partial charge in [0.15, 0.2) is 0 Å². The predicted octanol–water partition coefficient (Wildman–Crippen LogP) is 1.80. The van der Waals surface area contributed by atoms with Gasteiger partial charge in [0.05, 0.1) is 35.0 Å². The van der Waals surface area contributed by atoms with Gasteiger partial charge in [0.1, 0.15) is 5.75 Å². The highest BCUT2D eigenvalue weighted by molar-refractivity contribution is 7.89. The minimum absolute atomic E-state index is 0.00349. The first-order valence-electron chi connectivity index (χ1n) is 10.3. The van der Waals surface area contributed by atoms with Gasteiger partial charge in [-0.3, -0.25) is 10.4 Å². The molecule has 1 unspecified atom stereocenters.